The Morgan fingerprint density at radius 1 is 1.33 bits per heavy atom. The number of rotatable bonds is 5. The molecule has 3 rings (SSSR count). The monoisotopic (exact) mass is 284 g/mol. The van der Waals surface area contributed by atoms with E-state index in [9.17, 15) is 4.79 Å². The number of carbonyl (C=O) groups is 1. The largest absolute Gasteiger partial charge is 0.481 e. The quantitative estimate of drug-likeness (QED) is 0.780. The van der Waals surface area contributed by atoms with Gasteiger partial charge < -0.3 is 9.67 Å². The zero-order valence-electron chi connectivity index (χ0n) is 11.7. The summed E-state index contributed by atoms with van der Waals surface area (Å²) in [6.45, 7) is 2.41. The lowest BCUT2D eigenvalue weighted by molar-refractivity contribution is -0.137. The van der Waals surface area contributed by atoms with Gasteiger partial charge >= 0.3 is 5.97 Å². The van der Waals surface area contributed by atoms with Gasteiger partial charge in [0, 0.05) is 18.9 Å². The summed E-state index contributed by atoms with van der Waals surface area (Å²) in [5, 5.41) is 13.2. The molecule has 0 aliphatic rings. The van der Waals surface area contributed by atoms with Crippen LogP contribution in [0, 0.1) is 0 Å². The molecule has 2 aromatic heterocycles. The predicted octanol–water partition coefficient (Wildman–Crippen LogP) is 2.32. The van der Waals surface area contributed by atoms with Crippen LogP contribution < -0.4 is 0 Å². The Labute approximate surface area is 121 Å². The second-order valence-electron chi connectivity index (χ2n) is 4.92. The maximum atomic E-state index is 10.9. The van der Waals surface area contributed by atoms with Gasteiger partial charge in [0.25, 0.3) is 0 Å². The number of aryl methyl sites for hydroxylation is 1. The van der Waals surface area contributed by atoms with Crippen LogP contribution in [0.4, 0.5) is 0 Å². The summed E-state index contributed by atoms with van der Waals surface area (Å²) in [5.74, 6) is 0.00613. The minimum atomic E-state index is -0.814. The summed E-state index contributed by atoms with van der Waals surface area (Å²) < 4.78 is 3.79. The van der Waals surface area contributed by atoms with Gasteiger partial charge in [-0.2, -0.15) is 5.10 Å². The lowest BCUT2D eigenvalue weighted by atomic mass is 10.3. The molecule has 0 saturated carbocycles. The van der Waals surface area contributed by atoms with Crippen LogP contribution in [0.15, 0.2) is 42.7 Å². The van der Waals surface area contributed by atoms with Crippen molar-refractivity contribution in [2.75, 3.05) is 0 Å². The molecular weight excluding hydrogens is 268 g/mol. The first-order valence-corrected chi connectivity index (χ1v) is 6.83. The molecule has 108 valence electrons. The van der Waals surface area contributed by atoms with Crippen LogP contribution in [0.2, 0.25) is 0 Å². The van der Waals surface area contributed by atoms with E-state index in [4.69, 9.17) is 5.11 Å². The molecule has 0 spiro atoms. The molecule has 21 heavy (non-hydrogen) atoms. The van der Waals surface area contributed by atoms with Crippen molar-refractivity contribution >= 4 is 17.0 Å². The minimum Gasteiger partial charge on any atom is -0.481 e. The molecule has 0 bridgehead atoms. The van der Waals surface area contributed by atoms with E-state index in [-0.39, 0.29) is 12.5 Å². The molecule has 3 aromatic rings. The fourth-order valence-electron chi connectivity index (χ4n) is 2.48. The van der Waals surface area contributed by atoms with E-state index < -0.39 is 5.97 Å². The van der Waals surface area contributed by atoms with E-state index >= 15 is 0 Å². The van der Waals surface area contributed by atoms with Crippen molar-refractivity contribution in [2.45, 2.75) is 25.9 Å². The Balaban J connectivity index is 2.07. The van der Waals surface area contributed by atoms with E-state index in [1.807, 2.05) is 52.7 Å². The second-order valence-corrected chi connectivity index (χ2v) is 4.92. The highest BCUT2D eigenvalue weighted by Crippen LogP contribution is 2.23. The number of hydrogen-bond acceptors (Lipinski definition) is 3. The van der Waals surface area contributed by atoms with Crippen molar-refractivity contribution in [3.8, 4) is 0 Å². The van der Waals surface area contributed by atoms with Crippen LogP contribution in [-0.2, 0) is 11.3 Å². The van der Waals surface area contributed by atoms with E-state index in [0.717, 1.165) is 16.9 Å². The molecule has 0 fully saturated rings. The number of aliphatic carboxylic acids is 1. The highest BCUT2D eigenvalue weighted by Gasteiger charge is 2.18. The first kappa shape index (κ1) is 13.4. The highest BCUT2D eigenvalue weighted by molar-refractivity contribution is 5.76. The van der Waals surface area contributed by atoms with Crippen LogP contribution in [0.25, 0.3) is 11.0 Å². The molecule has 0 aliphatic heterocycles. The van der Waals surface area contributed by atoms with Gasteiger partial charge in [0.05, 0.1) is 17.5 Å². The summed E-state index contributed by atoms with van der Waals surface area (Å²) in [7, 11) is 0. The van der Waals surface area contributed by atoms with Crippen molar-refractivity contribution in [3.63, 3.8) is 0 Å². The van der Waals surface area contributed by atoms with E-state index in [0.29, 0.717) is 6.54 Å². The van der Waals surface area contributed by atoms with Crippen LogP contribution in [0.1, 0.15) is 25.2 Å². The van der Waals surface area contributed by atoms with Crippen LogP contribution >= 0.6 is 0 Å². The number of benzene rings is 1. The Kier molecular flexibility index (Phi) is 3.43. The average molecular weight is 284 g/mol. The van der Waals surface area contributed by atoms with Gasteiger partial charge in [0.15, 0.2) is 0 Å². The maximum Gasteiger partial charge on any atom is 0.305 e. The Morgan fingerprint density at radius 3 is 2.86 bits per heavy atom. The molecule has 0 aliphatic carbocycles. The van der Waals surface area contributed by atoms with E-state index in [2.05, 4.69) is 10.1 Å². The predicted molar refractivity (Wildman–Crippen MR) is 78.0 cm³/mol. The molecule has 1 unspecified atom stereocenters. The van der Waals surface area contributed by atoms with Gasteiger partial charge in [-0.15, -0.1) is 0 Å². The van der Waals surface area contributed by atoms with Gasteiger partial charge in [0.2, 0.25) is 0 Å². The summed E-state index contributed by atoms with van der Waals surface area (Å²) in [5.41, 5.74) is 1.82. The fraction of sp³-hybridized carbons (Fsp3) is 0.267. The molecule has 1 N–H and O–H groups in total. The third kappa shape index (κ3) is 2.52. The minimum absolute atomic E-state index is 0.0544. The van der Waals surface area contributed by atoms with Gasteiger partial charge in [-0.3, -0.25) is 9.48 Å². The highest BCUT2D eigenvalue weighted by atomic mass is 16.4. The van der Waals surface area contributed by atoms with E-state index in [1.54, 1.807) is 6.20 Å². The molecule has 0 radical (unpaired) electrons. The summed E-state index contributed by atoms with van der Waals surface area (Å²) in [6.07, 6.45) is 3.67. The number of fused-ring (bicyclic) bond motifs is 1. The number of para-hydroxylation sites is 2. The number of aromatic nitrogens is 4. The average Bonchev–Trinajstić information content (AvgIpc) is 3.12. The fourth-order valence-corrected chi connectivity index (χ4v) is 2.48. The van der Waals surface area contributed by atoms with Gasteiger partial charge in [-0.25, -0.2) is 4.98 Å². The van der Waals surface area contributed by atoms with Crippen molar-refractivity contribution < 1.29 is 9.90 Å². The third-order valence-corrected chi connectivity index (χ3v) is 3.53. The maximum absolute atomic E-state index is 10.9. The van der Waals surface area contributed by atoms with Crippen molar-refractivity contribution in [1.29, 1.82) is 0 Å². The number of hydrogen-bond donors (Lipinski definition) is 1. The zero-order valence-corrected chi connectivity index (χ0v) is 11.7. The van der Waals surface area contributed by atoms with Gasteiger partial charge in [0.1, 0.15) is 11.9 Å². The molecule has 0 saturated heterocycles. The Hall–Kier alpha value is -2.63. The Bertz CT molecular complexity index is 761. The summed E-state index contributed by atoms with van der Waals surface area (Å²) >= 11 is 0. The number of carboxylic acids is 1. The molecule has 1 aromatic carbocycles. The molecule has 0 amide bonds. The topological polar surface area (TPSA) is 72.9 Å². The van der Waals surface area contributed by atoms with Crippen LogP contribution in [0.3, 0.4) is 0 Å². The molecular formula is C15H16N4O2. The number of nitrogens with zero attached hydrogens (tertiary/aromatic N) is 4. The summed E-state index contributed by atoms with van der Waals surface area (Å²) in [6, 6.07) is 9.57. The van der Waals surface area contributed by atoms with Gasteiger partial charge in [-0.05, 0) is 25.1 Å². The lowest BCUT2D eigenvalue weighted by Crippen LogP contribution is -2.15. The van der Waals surface area contributed by atoms with Crippen molar-refractivity contribution in [1.82, 2.24) is 19.3 Å². The molecule has 1 atom stereocenters. The van der Waals surface area contributed by atoms with Gasteiger partial charge in [-0.1, -0.05) is 12.1 Å². The lowest BCUT2D eigenvalue weighted by Gasteiger charge is -2.14. The molecule has 2 heterocycles. The zero-order chi connectivity index (χ0) is 14.8. The van der Waals surface area contributed by atoms with Crippen molar-refractivity contribution in [2.24, 2.45) is 0 Å². The normalized spacial score (nSPS) is 12.6. The van der Waals surface area contributed by atoms with Crippen LogP contribution in [-0.4, -0.2) is 30.4 Å². The second kappa shape index (κ2) is 5.40. The smallest absolute Gasteiger partial charge is 0.305 e. The Morgan fingerprint density at radius 2 is 2.14 bits per heavy atom. The first-order valence-electron chi connectivity index (χ1n) is 6.83. The van der Waals surface area contributed by atoms with Crippen molar-refractivity contribution in [3.05, 3.63) is 48.5 Å². The number of carboxylic acid groups (broad SMARTS) is 1. The summed E-state index contributed by atoms with van der Waals surface area (Å²) in [4.78, 5) is 15.5. The van der Waals surface area contributed by atoms with E-state index in [1.165, 1.54) is 0 Å². The number of imidazole rings is 1. The first-order chi connectivity index (χ1) is 10.2. The standard InChI is InChI=1S/C15H16N4O2/c1-11(19-9-4-8-16-19)15-17-12-5-2-3-6-13(12)18(15)10-7-14(20)21/h2-6,8-9,11H,7,10H2,1H3,(H,20,21). The van der Waals surface area contributed by atoms with Crippen LogP contribution in [0.5, 0.6) is 0 Å². The molecule has 6 heteroatoms. The SMILES string of the molecule is CC(c1nc2ccccc2n1CCC(=O)O)n1cccn1. The molecule has 6 nitrogen and oxygen atoms in total. The third-order valence-electron chi connectivity index (χ3n) is 3.53.